The molecule has 0 radical (unpaired) electrons. The Hall–Kier alpha value is 0.00688. The van der Waals surface area contributed by atoms with Gasteiger partial charge < -0.3 is 41.7 Å². The lowest BCUT2D eigenvalue weighted by Gasteiger charge is -2.41. The van der Waals surface area contributed by atoms with E-state index >= 15 is 0 Å². The minimum absolute atomic E-state index is 0. The Balaban J connectivity index is 0. The van der Waals surface area contributed by atoms with Crippen LogP contribution in [0.1, 0.15) is 20.8 Å². The summed E-state index contributed by atoms with van der Waals surface area (Å²) in [5, 5.41) is 0. The Morgan fingerprint density at radius 3 is 1.32 bits per heavy atom. The van der Waals surface area contributed by atoms with Crippen molar-refractivity contribution in [2.24, 2.45) is 0 Å². The largest absolute Gasteiger partial charge is 1.00 e. The molecule has 0 unspecified atom stereocenters. The van der Waals surface area contributed by atoms with E-state index in [1.807, 2.05) is 39.0 Å². The molecular weight excluding hydrogens is 409 g/mol. The molecular formula is C16H32INO3Si. The smallest absolute Gasteiger partial charge is 0.559 e. The zero-order chi connectivity index (χ0) is 16.2. The van der Waals surface area contributed by atoms with Gasteiger partial charge in [0.1, 0.15) is 6.17 Å². The van der Waals surface area contributed by atoms with E-state index in [1.165, 1.54) is 0 Å². The molecule has 130 valence electrons. The molecule has 0 heterocycles. The molecule has 0 spiro atoms. The lowest BCUT2D eigenvalue weighted by molar-refractivity contribution is -0.904. The molecule has 0 aromatic heterocycles. The minimum Gasteiger partial charge on any atom is -1.00 e. The zero-order valence-corrected chi connectivity index (χ0v) is 17.5. The summed E-state index contributed by atoms with van der Waals surface area (Å²) >= 11 is 0. The van der Waals surface area contributed by atoms with Crippen molar-refractivity contribution in [1.82, 2.24) is 0 Å². The first-order valence-corrected chi connectivity index (χ1v) is 9.60. The highest BCUT2D eigenvalue weighted by Crippen LogP contribution is 2.19. The number of rotatable bonds is 14. The standard InChI is InChI=1S/C16H32NO3Si.HI/c1-7-13-17(14-8-2,15-9-3)16-21(18-10-4,19-11-5)20-12-6;/h7-9H,1-3,10-16H2,4-6H3;1H/q+1;/p-1. The van der Waals surface area contributed by atoms with Crippen LogP contribution in [0.4, 0.5) is 0 Å². The van der Waals surface area contributed by atoms with Gasteiger partial charge in [0.25, 0.3) is 0 Å². The zero-order valence-electron chi connectivity index (χ0n) is 14.4. The maximum atomic E-state index is 5.98. The summed E-state index contributed by atoms with van der Waals surface area (Å²) < 4.78 is 18.7. The van der Waals surface area contributed by atoms with Gasteiger partial charge in [0, 0.05) is 19.8 Å². The molecule has 0 aliphatic heterocycles. The molecule has 0 saturated heterocycles. The molecule has 0 aromatic rings. The monoisotopic (exact) mass is 441 g/mol. The molecule has 0 amide bonds. The van der Waals surface area contributed by atoms with Crippen LogP contribution in [0.15, 0.2) is 38.0 Å². The third-order valence-electron chi connectivity index (χ3n) is 3.17. The normalized spacial score (nSPS) is 11.6. The van der Waals surface area contributed by atoms with Crippen LogP contribution in [0.2, 0.25) is 0 Å². The van der Waals surface area contributed by atoms with Gasteiger partial charge in [-0.15, -0.1) is 0 Å². The van der Waals surface area contributed by atoms with E-state index < -0.39 is 8.80 Å². The van der Waals surface area contributed by atoms with Crippen molar-refractivity contribution in [3.05, 3.63) is 38.0 Å². The van der Waals surface area contributed by atoms with Crippen molar-refractivity contribution in [2.45, 2.75) is 20.8 Å². The quantitative estimate of drug-likeness (QED) is 0.164. The van der Waals surface area contributed by atoms with E-state index in [-0.39, 0.29) is 24.0 Å². The Morgan fingerprint density at radius 1 is 0.773 bits per heavy atom. The van der Waals surface area contributed by atoms with E-state index in [9.17, 15) is 0 Å². The number of hydrogen-bond acceptors (Lipinski definition) is 3. The number of nitrogens with zero attached hydrogens (tertiary/aromatic N) is 1. The lowest BCUT2D eigenvalue weighted by Crippen LogP contribution is -3.00. The lowest BCUT2D eigenvalue weighted by atomic mass is 10.3. The molecule has 22 heavy (non-hydrogen) atoms. The molecule has 0 saturated carbocycles. The average Bonchev–Trinajstić information content (AvgIpc) is 2.40. The molecule has 0 fully saturated rings. The van der Waals surface area contributed by atoms with Gasteiger partial charge in [-0.25, -0.2) is 0 Å². The van der Waals surface area contributed by atoms with Crippen LogP contribution < -0.4 is 24.0 Å². The van der Waals surface area contributed by atoms with Gasteiger partial charge in [0.2, 0.25) is 0 Å². The summed E-state index contributed by atoms with van der Waals surface area (Å²) in [7, 11) is -2.71. The van der Waals surface area contributed by atoms with Crippen molar-refractivity contribution < 1.29 is 41.7 Å². The fourth-order valence-corrected chi connectivity index (χ4v) is 5.62. The summed E-state index contributed by atoms with van der Waals surface area (Å²) in [5.41, 5.74) is 0. The summed E-state index contributed by atoms with van der Waals surface area (Å²) in [6, 6.07) is 0. The van der Waals surface area contributed by atoms with Gasteiger partial charge in [-0.2, -0.15) is 0 Å². The average molecular weight is 441 g/mol. The fourth-order valence-electron chi connectivity index (χ4n) is 2.57. The van der Waals surface area contributed by atoms with E-state index in [4.69, 9.17) is 13.3 Å². The predicted octanol–water partition coefficient (Wildman–Crippen LogP) is -0.0472. The molecule has 0 aliphatic carbocycles. The fraction of sp³-hybridized carbons (Fsp3) is 0.625. The molecule has 0 atom stereocenters. The van der Waals surface area contributed by atoms with Crippen molar-refractivity contribution in [1.29, 1.82) is 0 Å². The highest BCUT2D eigenvalue weighted by Gasteiger charge is 2.49. The predicted molar refractivity (Wildman–Crippen MR) is 91.0 cm³/mol. The second kappa shape index (κ2) is 13.4. The van der Waals surface area contributed by atoms with Crippen molar-refractivity contribution in [3.8, 4) is 0 Å². The van der Waals surface area contributed by atoms with Gasteiger partial charge in [-0.05, 0) is 39.0 Å². The number of hydrogen-bond donors (Lipinski definition) is 0. The molecule has 4 nitrogen and oxygen atoms in total. The third-order valence-corrected chi connectivity index (χ3v) is 6.41. The van der Waals surface area contributed by atoms with E-state index in [2.05, 4.69) is 19.7 Å². The van der Waals surface area contributed by atoms with Crippen molar-refractivity contribution >= 4 is 8.80 Å². The van der Waals surface area contributed by atoms with Crippen molar-refractivity contribution in [3.63, 3.8) is 0 Å². The molecule has 0 aromatic carbocycles. The summed E-state index contributed by atoms with van der Waals surface area (Å²) in [4.78, 5) is 0. The van der Waals surface area contributed by atoms with Crippen LogP contribution >= 0.6 is 0 Å². The topological polar surface area (TPSA) is 27.7 Å². The first-order valence-electron chi connectivity index (χ1n) is 7.67. The third kappa shape index (κ3) is 8.03. The number of halogens is 1. The first-order chi connectivity index (χ1) is 10.1. The maximum absolute atomic E-state index is 5.98. The second-order valence-electron chi connectivity index (χ2n) is 4.90. The van der Waals surface area contributed by atoms with Crippen LogP contribution in [0.25, 0.3) is 0 Å². The van der Waals surface area contributed by atoms with Crippen LogP contribution in [0.5, 0.6) is 0 Å². The Bertz CT molecular complexity index is 283. The van der Waals surface area contributed by atoms with Crippen LogP contribution in [0, 0.1) is 0 Å². The maximum Gasteiger partial charge on any atom is 0.559 e. The molecule has 0 N–H and O–H groups in total. The highest BCUT2D eigenvalue weighted by molar-refractivity contribution is 6.60. The van der Waals surface area contributed by atoms with Gasteiger partial charge in [0.15, 0.2) is 0 Å². The molecule has 0 bridgehead atoms. The Morgan fingerprint density at radius 2 is 1.09 bits per heavy atom. The second-order valence-corrected chi connectivity index (χ2v) is 7.44. The van der Waals surface area contributed by atoms with Gasteiger partial charge in [-0.1, -0.05) is 19.7 Å². The summed E-state index contributed by atoms with van der Waals surface area (Å²) in [6.07, 6.45) is 6.48. The van der Waals surface area contributed by atoms with E-state index in [0.29, 0.717) is 26.0 Å². The minimum atomic E-state index is -2.71. The SMILES string of the molecule is C=CC[N+](CC=C)(CC=C)C[Si](OCC)(OCC)OCC.[I-]. The Labute approximate surface area is 154 Å². The first kappa shape index (κ1) is 24.3. The van der Waals surface area contributed by atoms with Crippen LogP contribution in [-0.2, 0) is 13.3 Å². The van der Waals surface area contributed by atoms with Crippen LogP contribution in [0.3, 0.4) is 0 Å². The number of quaternary nitrogens is 1. The molecule has 0 aliphatic rings. The van der Waals surface area contributed by atoms with Gasteiger partial charge in [0.05, 0.1) is 19.6 Å². The van der Waals surface area contributed by atoms with E-state index in [0.717, 1.165) is 24.1 Å². The molecule has 0 rings (SSSR count). The highest BCUT2D eigenvalue weighted by atomic mass is 127. The summed E-state index contributed by atoms with van der Waals surface area (Å²) in [5.74, 6) is 0. The van der Waals surface area contributed by atoms with Gasteiger partial charge in [-0.3, -0.25) is 0 Å². The van der Waals surface area contributed by atoms with Crippen LogP contribution in [-0.4, -0.2) is 58.9 Å². The summed E-state index contributed by atoms with van der Waals surface area (Å²) in [6.45, 7) is 21.8. The Kier molecular flexibility index (Phi) is 14.8. The van der Waals surface area contributed by atoms with Crippen molar-refractivity contribution in [2.75, 3.05) is 45.6 Å². The van der Waals surface area contributed by atoms with E-state index in [1.54, 1.807) is 0 Å². The van der Waals surface area contributed by atoms with Gasteiger partial charge >= 0.3 is 8.80 Å². The molecule has 6 heteroatoms.